The molecule has 0 saturated carbocycles. The van der Waals surface area contributed by atoms with E-state index in [9.17, 15) is 4.79 Å². The van der Waals surface area contributed by atoms with Crippen molar-refractivity contribution in [3.8, 4) is 0 Å². The number of anilines is 1. The minimum absolute atomic E-state index is 0.346. The second-order valence-electron chi connectivity index (χ2n) is 4.65. The third-order valence-electron chi connectivity index (χ3n) is 2.75. The summed E-state index contributed by atoms with van der Waals surface area (Å²) in [6.07, 6.45) is 3.09. The quantitative estimate of drug-likeness (QED) is 0.483. The molecular formula is C12H18ClN3O7. The van der Waals surface area contributed by atoms with E-state index in [-0.39, 0.29) is 6.09 Å². The van der Waals surface area contributed by atoms with Crippen LogP contribution in [-0.4, -0.2) is 51.4 Å². The van der Waals surface area contributed by atoms with Crippen molar-refractivity contribution in [2.24, 2.45) is 0 Å². The van der Waals surface area contributed by atoms with Crippen molar-refractivity contribution in [1.29, 1.82) is 0 Å². The van der Waals surface area contributed by atoms with Gasteiger partial charge in [0, 0.05) is 49.7 Å². The smallest absolute Gasteiger partial charge is 0.378 e. The molecule has 10 nitrogen and oxygen atoms in total. The molecule has 1 amide bonds. The third kappa shape index (κ3) is 8.50. The first-order chi connectivity index (χ1) is 10.7. The van der Waals surface area contributed by atoms with E-state index < -0.39 is 10.2 Å². The van der Waals surface area contributed by atoms with Gasteiger partial charge in [0.25, 0.3) is 0 Å². The average molecular weight is 352 g/mol. The van der Waals surface area contributed by atoms with Crippen LogP contribution in [0.2, 0.25) is 0 Å². The Morgan fingerprint density at radius 2 is 1.70 bits per heavy atom. The molecular weight excluding hydrogens is 334 g/mol. The molecule has 1 aromatic heterocycles. The van der Waals surface area contributed by atoms with Gasteiger partial charge in [-0.2, -0.15) is 4.84 Å². The number of nitrogens with zero attached hydrogens (tertiary/aromatic N) is 3. The van der Waals surface area contributed by atoms with Crippen molar-refractivity contribution >= 4 is 11.8 Å². The molecule has 11 heteroatoms. The zero-order chi connectivity index (χ0) is 17.5. The summed E-state index contributed by atoms with van der Waals surface area (Å²) < 4.78 is 40.6. The van der Waals surface area contributed by atoms with Crippen LogP contribution in [0, 0.1) is 10.2 Å². The molecule has 130 valence electrons. The molecule has 1 aromatic rings. The molecule has 0 aliphatic carbocycles. The van der Waals surface area contributed by atoms with Crippen molar-refractivity contribution in [2.75, 3.05) is 45.3 Å². The number of morpholine rings is 1. The molecule has 0 radical (unpaired) electrons. The van der Waals surface area contributed by atoms with Gasteiger partial charge in [0.15, 0.2) is 0 Å². The predicted octanol–water partition coefficient (Wildman–Crippen LogP) is -4.84. The highest BCUT2D eigenvalue weighted by Gasteiger charge is 2.22. The number of carbonyl (C=O) groups excluding carboxylic acids is 1. The normalized spacial score (nSPS) is 14.6. The fourth-order valence-electron chi connectivity index (χ4n) is 1.66. The second-order valence-corrected chi connectivity index (χ2v) is 5.40. The largest absolute Gasteiger partial charge is 0.478 e. The predicted molar refractivity (Wildman–Crippen MR) is 65.3 cm³/mol. The van der Waals surface area contributed by atoms with E-state index in [1.54, 1.807) is 17.3 Å². The molecule has 0 spiro atoms. The minimum atomic E-state index is -4.94. The summed E-state index contributed by atoms with van der Waals surface area (Å²) in [5.41, 5.74) is 1.05. The fourth-order valence-corrected chi connectivity index (χ4v) is 1.66. The van der Waals surface area contributed by atoms with Crippen LogP contribution in [-0.2, 0) is 4.74 Å². The number of rotatable bonds is 2. The molecule has 0 N–H and O–H groups in total. The van der Waals surface area contributed by atoms with Crippen LogP contribution < -0.4 is 33.1 Å². The molecule has 2 rings (SSSR count). The van der Waals surface area contributed by atoms with Crippen LogP contribution in [0.4, 0.5) is 10.5 Å². The van der Waals surface area contributed by atoms with Gasteiger partial charge in [0.1, 0.15) is 0 Å². The SMILES string of the molecule is CN(C)c1cc[n+](OC(=O)N2CCOCC2)cc1.[O-][Cl+3]([O-])([O-])[O-]. The van der Waals surface area contributed by atoms with Crippen LogP contribution in [0.1, 0.15) is 0 Å². The highest BCUT2D eigenvalue weighted by Crippen LogP contribution is 2.05. The molecule has 23 heavy (non-hydrogen) atoms. The zero-order valence-corrected chi connectivity index (χ0v) is 13.5. The molecule has 1 saturated heterocycles. The van der Waals surface area contributed by atoms with Crippen LogP contribution >= 0.6 is 0 Å². The zero-order valence-electron chi connectivity index (χ0n) is 12.7. The number of carbonyl (C=O) groups is 1. The van der Waals surface area contributed by atoms with Gasteiger partial charge in [-0.3, -0.25) is 4.90 Å². The fraction of sp³-hybridized carbons (Fsp3) is 0.500. The number of pyridine rings is 1. The number of ether oxygens (including phenoxy) is 1. The lowest BCUT2D eigenvalue weighted by atomic mass is 10.4. The molecule has 0 aromatic carbocycles. The van der Waals surface area contributed by atoms with E-state index in [0.717, 1.165) is 5.69 Å². The van der Waals surface area contributed by atoms with Crippen LogP contribution in [0.25, 0.3) is 0 Å². The van der Waals surface area contributed by atoms with Gasteiger partial charge in [-0.05, 0) is 0 Å². The molecule has 1 fully saturated rings. The summed E-state index contributed by atoms with van der Waals surface area (Å²) in [6, 6.07) is 3.76. The van der Waals surface area contributed by atoms with Crippen molar-refractivity contribution in [3.63, 3.8) is 0 Å². The Morgan fingerprint density at radius 3 is 2.13 bits per heavy atom. The Labute approximate surface area is 135 Å². The number of amides is 1. The van der Waals surface area contributed by atoms with Crippen LogP contribution in [0.3, 0.4) is 0 Å². The summed E-state index contributed by atoms with van der Waals surface area (Å²) in [5, 5.41) is 0. The van der Waals surface area contributed by atoms with E-state index in [2.05, 4.69) is 0 Å². The molecule has 1 aliphatic heterocycles. The molecule has 0 atom stereocenters. The maximum atomic E-state index is 11.8. The first-order valence-corrected chi connectivity index (χ1v) is 7.75. The van der Waals surface area contributed by atoms with Gasteiger partial charge in [-0.1, -0.05) is 0 Å². The number of hydrogen-bond acceptors (Lipinski definition) is 8. The lowest BCUT2D eigenvalue weighted by Gasteiger charge is -2.23. The van der Waals surface area contributed by atoms with Crippen LogP contribution in [0.5, 0.6) is 0 Å². The molecule has 0 unspecified atom stereocenters. The van der Waals surface area contributed by atoms with Gasteiger partial charge in [-0.15, -0.1) is 10.2 Å². The standard InChI is InChI=1S/C12H18N3O3.ClHO4/c1-13(2)11-3-5-15(6-4-11)18-12(16)14-7-9-17-10-8-14;2-1(3,4)5/h3-6H,7-10H2,1-2H3;(H,2,3,4,5)/q+1;/p-1. The molecule has 0 bridgehead atoms. The lowest BCUT2D eigenvalue weighted by Crippen LogP contribution is -2.68. The minimum Gasteiger partial charge on any atom is -0.378 e. The highest BCUT2D eigenvalue weighted by molar-refractivity contribution is 5.67. The van der Waals surface area contributed by atoms with Crippen molar-refractivity contribution in [2.45, 2.75) is 0 Å². The van der Waals surface area contributed by atoms with Crippen LogP contribution in [0.15, 0.2) is 24.5 Å². The van der Waals surface area contributed by atoms with E-state index in [1.807, 2.05) is 31.1 Å². The van der Waals surface area contributed by atoms with Gasteiger partial charge in [0.2, 0.25) is 12.4 Å². The Hall–Kier alpha value is -1.69. The maximum absolute atomic E-state index is 11.8. The van der Waals surface area contributed by atoms with Gasteiger partial charge >= 0.3 is 6.09 Å². The Balaban J connectivity index is 0.000000463. The first kappa shape index (κ1) is 19.4. The Morgan fingerprint density at radius 1 is 1.22 bits per heavy atom. The number of aromatic nitrogens is 1. The summed E-state index contributed by atoms with van der Waals surface area (Å²) in [4.78, 5) is 20.6. The van der Waals surface area contributed by atoms with Crippen molar-refractivity contribution in [3.05, 3.63) is 24.5 Å². The second kappa shape index (κ2) is 8.82. The third-order valence-corrected chi connectivity index (χ3v) is 2.75. The monoisotopic (exact) mass is 351 g/mol. The Kier molecular flexibility index (Phi) is 7.42. The topological polar surface area (TPSA) is 138 Å². The van der Waals surface area contributed by atoms with E-state index in [0.29, 0.717) is 26.3 Å². The summed E-state index contributed by atoms with van der Waals surface area (Å²) in [6.45, 7) is 2.29. The first-order valence-electron chi connectivity index (χ1n) is 6.52. The van der Waals surface area contributed by atoms with E-state index in [4.69, 9.17) is 28.2 Å². The lowest BCUT2D eigenvalue weighted by molar-refractivity contribution is -2.00. The van der Waals surface area contributed by atoms with Crippen molar-refractivity contribution in [1.82, 2.24) is 4.90 Å². The van der Waals surface area contributed by atoms with Gasteiger partial charge < -0.3 is 9.64 Å². The summed E-state index contributed by atoms with van der Waals surface area (Å²) in [5.74, 6) is 0. The van der Waals surface area contributed by atoms with E-state index in [1.165, 1.54) is 4.73 Å². The van der Waals surface area contributed by atoms with Crippen molar-refractivity contribution < 1.29 is 48.0 Å². The number of halogens is 1. The average Bonchev–Trinajstić information content (AvgIpc) is 2.47. The summed E-state index contributed by atoms with van der Waals surface area (Å²) in [7, 11) is -1.03. The highest BCUT2D eigenvalue weighted by atomic mass is 35.7. The molecule has 1 aliphatic rings. The maximum Gasteiger partial charge on any atom is 0.478 e. The summed E-state index contributed by atoms with van der Waals surface area (Å²) >= 11 is 0. The van der Waals surface area contributed by atoms with Gasteiger partial charge in [-0.25, -0.2) is 23.4 Å². The number of hydrogen-bond donors (Lipinski definition) is 0. The Bertz CT molecular complexity index is 480. The van der Waals surface area contributed by atoms with E-state index >= 15 is 0 Å². The molecule has 2 heterocycles. The van der Waals surface area contributed by atoms with Gasteiger partial charge in [0.05, 0.1) is 13.2 Å².